The van der Waals surface area contributed by atoms with Gasteiger partial charge in [0.05, 0.1) is 0 Å². The highest BCUT2D eigenvalue weighted by atomic mass is 16.3. The van der Waals surface area contributed by atoms with E-state index in [0.29, 0.717) is 16.5 Å². The number of carbonyl (C=O) groups excluding carboxylic acids is 1. The summed E-state index contributed by atoms with van der Waals surface area (Å²) in [5.74, 6) is -0.329. The minimum atomic E-state index is -0.509. The summed E-state index contributed by atoms with van der Waals surface area (Å²) in [4.78, 5) is 16.4. The maximum atomic E-state index is 12.3. The van der Waals surface area contributed by atoms with E-state index in [9.17, 15) is 20.3 Å². The first-order chi connectivity index (χ1) is 12.6. The molecule has 1 aromatic heterocycles. The fourth-order valence-electron chi connectivity index (χ4n) is 2.50. The Morgan fingerprint density at radius 3 is 2.65 bits per heavy atom. The Labute approximate surface area is 149 Å². The summed E-state index contributed by atoms with van der Waals surface area (Å²) in [7, 11) is 0. The van der Waals surface area contributed by atoms with Crippen molar-refractivity contribution in [1.82, 2.24) is 10.3 Å². The van der Waals surface area contributed by atoms with Crippen LogP contribution < -0.4 is 5.32 Å². The van der Waals surface area contributed by atoms with Crippen molar-refractivity contribution < 1.29 is 15.0 Å². The molecule has 3 aromatic rings. The van der Waals surface area contributed by atoms with Crippen molar-refractivity contribution in [3.63, 3.8) is 0 Å². The molecular formula is C20H15N3O3. The number of aromatic nitrogens is 1. The van der Waals surface area contributed by atoms with Crippen molar-refractivity contribution in [3.05, 3.63) is 71.4 Å². The lowest BCUT2D eigenvalue weighted by Crippen LogP contribution is -2.23. The zero-order valence-electron chi connectivity index (χ0n) is 13.7. The number of carbonyl (C=O) groups is 1. The maximum absolute atomic E-state index is 12.3. The van der Waals surface area contributed by atoms with Crippen LogP contribution in [0.15, 0.2) is 60.3 Å². The molecule has 0 spiro atoms. The third-order valence-corrected chi connectivity index (χ3v) is 3.84. The summed E-state index contributed by atoms with van der Waals surface area (Å²) in [6.45, 7) is 0.232. The second kappa shape index (κ2) is 7.36. The van der Waals surface area contributed by atoms with Gasteiger partial charge in [0.1, 0.15) is 28.7 Å². The van der Waals surface area contributed by atoms with Crippen molar-refractivity contribution in [1.29, 1.82) is 5.26 Å². The largest absolute Gasteiger partial charge is 0.508 e. The number of phenols is 2. The van der Waals surface area contributed by atoms with Gasteiger partial charge in [-0.05, 0) is 41.5 Å². The first kappa shape index (κ1) is 17.0. The fraction of sp³-hybridized carbons (Fsp3) is 0.0500. The van der Waals surface area contributed by atoms with E-state index in [1.165, 1.54) is 24.3 Å². The number of nitrogens with one attached hydrogen (secondary N) is 1. The quantitative estimate of drug-likeness (QED) is 0.498. The van der Waals surface area contributed by atoms with E-state index in [1.54, 1.807) is 36.5 Å². The molecule has 0 radical (unpaired) electrons. The van der Waals surface area contributed by atoms with E-state index in [4.69, 9.17) is 0 Å². The van der Waals surface area contributed by atoms with Crippen LogP contribution in [-0.2, 0) is 11.3 Å². The Balaban J connectivity index is 1.84. The van der Waals surface area contributed by atoms with E-state index in [-0.39, 0.29) is 23.6 Å². The van der Waals surface area contributed by atoms with Crippen molar-refractivity contribution >= 4 is 22.9 Å². The topological polar surface area (TPSA) is 106 Å². The van der Waals surface area contributed by atoms with E-state index in [0.717, 1.165) is 5.56 Å². The molecular weight excluding hydrogens is 330 g/mol. The van der Waals surface area contributed by atoms with Crippen molar-refractivity contribution in [3.8, 4) is 17.6 Å². The molecule has 26 heavy (non-hydrogen) atoms. The SMILES string of the molecule is N#CC(=Cc1ccc(O)c2ncccc12)C(=O)NCc1ccc(O)cc1. The van der Waals surface area contributed by atoms with E-state index in [2.05, 4.69) is 10.3 Å². The molecule has 6 nitrogen and oxygen atoms in total. The molecule has 0 saturated carbocycles. The number of rotatable bonds is 4. The zero-order chi connectivity index (χ0) is 18.5. The first-order valence-electron chi connectivity index (χ1n) is 7.83. The minimum Gasteiger partial charge on any atom is -0.508 e. The van der Waals surface area contributed by atoms with Crippen LogP contribution in [0.25, 0.3) is 17.0 Å². The maximum Gasteiger partial charge on any atom is 0.262 e. The van der Waals surface area contributed by atoms with Gasteiger partial charge < -0.3 is 15.5 Å². The first-order valence-corrected chi connectivity index (χ1v) is 7.83. The average molecular weight is 345 g/mol. The monoisotopic (exact) mass is 345 g/mol. The Kier molecular flexibility index (Phi) is 4.81. The molecule has 0 aliphatic rings. The number of fused-ring (bicyclic) bond motifs is 1. The van der Waals surface area contributed by atoms with Gasteiger partial charge in [-0.25, -0.2) is 0 Å². The highest BCUT2D eigenvalue weighted by Crippen LogP contribution is 2.26. The lowest BCUT2D eigenvalue weighted by atomic mass is 10.0. The molecule has 0 aliphatic carbocycles. The molecule has 0 saturated heterocycles. The number of hydrogen-bond donors (Lipinski definition) is 3. The number of nitriles is 1. The van der Waals surface area contributed by atoms with Gasteiger partial charge in [0.2, 0.25) is 0 Å². The molecule has 1 amide bonds. The van der Waals surface area contributed by atoms with Gasteiger partial charge in [-0.3, -0.25) is 9.78 Å². The Bertz CT molecular complexity index is 1030. The lowest BCUT2D eigenvalue weighted by Gasteiger charge is -2.06. The zero-order valence-corrected chi connectivity index (χ0v) is 13.7. The Hall–Kier alpha value is -3.85. The van der Waals surface area contributed by atoms with Crippen molar-refractivity contribution in [2.45, 2.75) is 6.54 Å². The van der Waals surface area contributed by atoms with Crippen LogP contribution in [-0.4, -0.2) is 21.1 Å². The van der Waals surface area contributed by atoms with Gasteiger partial charge in [-0.2, -0.15) is 5.26 Å². The van der Waals surface area contributed by atoms with Crippen LogP contribution in [0.4, 0.5) is 0 Å². The number of aromatic hydroxyl groups is 2. The summed E-state index contributed by atoms with van der Waals surface area (Å²) >= 11 is 0. The molecule has 3 N–H and O–H groups in total. The number of phenolic OH excluding ortho intramolecular Hbond substituents is 2. The Morgan fingerprint density at radius 1 is 1.15 bits per heavy atom. The minimum absolute atomic E-state index is 0.0352. The summed E-state index contributed by atoms with van der Waals surface area (Å²) in [6, 6.07) is 14.9. The van der Waals surface area contributed by atoms with Crippen molar-refractivity contribution in [2.75, 3.05) is 0 Å². The molecule has 128 valence electrons. The molecule has 2 aromatic carbocycles. The van der Waals surface area contributed by atoms with Crippen LogP contribution in [0.3, 0.4) is 0 Å². The summed E-state index contributed by atoms with van der Waals surface area (Å²) in [6.07, 6.45) is 3.03. The third-order valence-electron chi connectivity index (χ3n) is 3.84. The second-order valence-electron chi connectivity index (χ2n) is 5.59. The second-order valence-corrected chi connectivity index (χ2v) is 5.59. The molecule has 0 aliphatic heterocycles. The molecule has 6 heteroatoms. The molecule has 3 rings (SSSR count). The number of pyridine rings is 1. The number of benzene rings is 2. The predicted molar refractivity (Wildman–Crippen MR) is 97.0 cm³/mol. The van der Waals surface area contributed by atoms with E-state index < -0.39 is 5.91 Å². The van der Waals surface area contributed by atoms with Gasteiger partial charge in [0.25, 0.3) is 5.91 Å². The summed E-state index contributed by atoms with van der Waals surface area (Å²) in [5, 5.41) is 31.8. The summed E-state index contributed by atoms with van der Waals surface area (Å²) < 4.78 is 0. The molecule has 0 bridgehead atoms. The average Bonchev–Trinajstić information content (AvgIpc) is 2.67. The standard InChI is InChI=1S/C20H15N3O3/c21-11-15(20(26)23-12-13-3-6-16(24)7-4-13)10-14-5-8-18(25)19-17(14)2-1-9-22-19/h1-10,24-25H,12H2,(H,23,26). The van der Waals surface area contributed by atoms with Gasteiger partial charge in [0.15, 0.2) is 0 Å². The molecule has 0 fully saturated rings. The lowest BCUT2D eigenvalue weighted by molar-refractivity contribution is -0.117. The van der Waals surface area contributed by atoms with Crippen LogP contribution in [0.2, 0.25) is 0 Å². The highest BCUT2D eigenvalue weighted by Gasteiger charge is 2.11. The highest BCUT2D eigenvalue weighted by molar-refractivity contribution is 6.04. The smallest absolute Gasteiger partial charge is 0.262 e. The molecule has 1 heterocycles. The van der Waals surface area contributed by atoms with Gasteiger partial charge in [-0.15, -0.1) is 0 Å². The van der Waals surface area contributed by atoms with E-state index >= 15 is 0 Å². The van der Waals surface area contributed by atoms with Crippen LogP contribution >= 0.6 is 0 Å². The van der Waals surface area contributed by atoms with Crippen LogP contribution in [0.1, 0.15) is 11.1 Å². The normalized spacial score (nSPS) is 11.1. The molecule has 0 atom stereocenters. The van der Waals surface area contributed by atoms with Crippen LogP contribution in [0, 0.1) is 11.3 Å². The van der Waals surface area contributed by atoms with Gasteiger partial charge in [0, 0.05) is 18.1 Å². The Morgan fingerprint density at radius 2 is 1.92 bits per heavy atom. The number of nitrogens with zero attached hydrogens (tertiary/aromatic N) is 2. The predicted octanol–water partition coefficient (Wildman–Crippen LogP) is 2.87. The fourth-order valence-corrected chi connectivity index (χ4v) is 2.50. The van der Waals surface area contributed by atoms with Crippen molar-refractivity contribution in [2.24, 2.45) is 0 Å². The van der Waals surface area contributed by atoms with E-state index in [1.807, 2.05) is 6.07 Å². The molecule has 0 unspecified atom stereocenters. The summed E-state index contributed by atoms with van der Waals surface area (Å²) in [5.41, 5.74) is 1.76. The van der Waals surface area contributed by atoms with Gasteiger partial charge in [-0.1, -0.05) is 24.3 Å². The number of amides is 1. The van der Waals surface area contributed by atoms with Crippen LogP contribution in [0.5, 0.6) is 11.5 Å². The third kappa shape index (κ3) is 3.62. The number of hydrogen-bond acceptors (Lipinski definition) is 5. The van der Waals surface area contributed by atoms with Gasteiger partial charge >= 0.3 is 0 Å².